The van der Waals surface area contributed by atoms with Crippen molar-refractivity contribution in [2.45, 2.75) is 40.2 Å². The molecule has 6 nitrogen and oxygen atoms in total. The Morgan fingerprint density at radius 3 is 2.35 bits per heavy atom. The second-order valence-electron chi connectivity index (χ2n) is 4.47. The third-order valence-electron chi connectivity index (χ3n) is 3.04. The van der Waals surface area contributed by atoms with Crippen LogP contribution >= 0.6 is 0 Å². The molecule has 1 aromatic heterocycles. The maximum Gasteiger partial charge on any atom is 0.339 e. The predicted molar refractivity (Wildman–Crippen MR) is 71.8 cm³/mol. The molecule has 0 bridgehead atoms. The van der Waals surface area contributed by atoms with Crippen molar-refractivity contribution in [3.63, 3.8) is 0 Å². The molecule has 0 saturated heterocycles. The van der Waals surface area contributed by atoms with E-state index in [2.05, 4.69) is 9.72 Å². The number of H-pyrrole nitrogens is 1. The number of carbonyl (C=O) groups is 3. The minimum atomic E-state index is -0.898. The lowest BCUT2D eigenvalue weighted by molar-refractivity contribution is -0.145. The van der Waals surface area contributed by atoms with E-state index in [0.717, 1.165) is 0 Å². The Bertz CT molecular complexity index is 544. The molecule has 1 aromatic rings. The Labute approximate surface area is 117 Å². The van der Waals surface area contributed by atoms with Gasteiger partial charge in [0.15, 0.2) is 6.10 Å². The Morgan fingerprint density at radius 1 is 1.25 bits per heavy atom. The van der Waals surface area contributed by atoms with Crippen LogP contribution in [0.15, 0.2) is 0 Å². The summed E-state index contributed by atoms with van der Waals surface area (Å²) in [5.41, 5.74) is 1.65. The molecule has 0 saturated carbocycles. The van der Waals surface area contributed by atoms with Gasteiger partial charge in [-0.1, -0.05) is 6.92 Å². The van der Waals surface area contributed by atoms with Crippen LogP contribution in [0.1, 0.15) is 52.4 Å². The van der Waals surface area contributed by atoms with Crippen molar-refractivity contribution in [1.29, 1.82) is 0 Å². The highest BCUT2D eigenvalue weighted by Gasteiger charge is 2.26. The number of nitrogens with one attached hydrogen (secondary N) is 1. The number of hydrogen-bond donors (Lipinski definition) is 1. The monoisotopic (exact) mass is 281 g/mol. The standard InChI is InChI=1S/C14H19NO5/c1-6-10(16)20-9(4)13(17)12-7(2)11(8(3)15-12)14(18)19-5/h9,15H,6H2,1-5H3/t9-/m0/s1. The van der Waals surface area contributed by atoms with Gasteiger partial charge in [0.1, 0.15) is 0 Å². The van der Waals surface area contributed by atoms with Crippen LogP contribution in [-0.2, 0) is 14.3 Å². The predicted octanol–water partition coefficient (Wildman–Crippen LogP) is 1.94. The lowest BCUT2D eigenvalue weighted by atomic mass is 10.1. The summed E-state index contributed by atoms with van der Waals surface area (Å²) in [5.74, 6) is -1.32. The average Bonchev–Trinajstić information content (AvgIpc) is 2.72. The van der Waals surface area contributed by atoms with E-state index in [-0.39, 0.29) is 17.9 Å². The number of aryl methyl sites for hydroxylation is 1. The zero-order valence-electron chi connectivity index (χ0n) is 12.3. The van der Waals surface area contributed by atoms with Crippen molar-refractivity contribution in [3.05, 3.63) is 22.5 Å². The second-order valence-corrected chi connectivity index (χ2v) is 4.47. The Kier molecular flexibility index (Phi) is 5.07. The SMILES string of the molecule is CCC(=O)O[C@@H](C)C(=O)c1[nH]c(C)c(C(=O)OC)c1C. The Morgan fingerprint density at radius 2 is 1.85 bits per heavy atom. The molecule has 1 atom stereocenters. The molecule has 0 fully saturated rings. The van der Waals surface area contributed by atoms with Gasteiger partial charge in [0, 0.05) is 12.1 Å². The maximum atomic E-state index is 12.2. The molecule has 0 aliphatic heterocycles. The molecular formula is C14H19NO5. The van der Waals surface area contributed by atoms with Gasteiger partial charge in [-0.25, -0.2) is 4.79 Å². The van der Waals surface area contributed by atoms with Gasteiger partial charge in [0.2, 0.25) is 5.78 Å². The van der Waals surface area contributed by atoms with Crippen molar-refractivity contribution in [1.82, 2.24) is 4.98 Å². The third-order valence-corrected chi connectivity index (χ3v) is 3.04. The van der Waals surface area contributed by atoms with Gasteiger partial charge in [-0.05, 0) is 26.3 Å². The zero-order valence-corrected chi connectivity index (χ0v) is 12.3. The summed E-state index contributed by atoms with van der Waals surface area (Å²) in [6, 6.07) is 0. The quantitative estimate of drug-likeness (QED) is 0.658. The minimum Gasteiger partial charge on any atom is -0.465 e. The average molecular weight is 281 g/mol. The highest BCUT2D eigenvalue weighted by molar-refractivity contribution is 6.03. The summed E-state index contributed by atoms with van der Waals surface area (Å²) >= 11 is 0. The molecule has 0 spiro atoms. The molecule has 0 aromatic carbocycles. The minimum absolute atomic E-state index is 0.202. The van der Waals surface area contributed by atoms with Crippen molar-refractivity contribution >= 4 is 17.7 Å². The summed E-state index contributed by atoms with van der Waals surface area (Å²) < 4.78 is 9.66. The third kappa shape index (κ3) is 3.07. The fourth-order valence-corrected chi connectivity index (χ4v) is 1.94. The molecule has 1 rings (SSSR count). The number of carbonyl (C=O) groups excluding carboxylic acids is 3. The molecule has 6 heteroatoms. The van der Waals surface area contributed by atoms with E-state index >= 15 is 0 Å². The van der Waals surface area contributed by atoms with Crippen LogP contribution in [0.4, 0.5) is 0 Å². The second kappa shape index (κ2) is 6.36. The van der Waals surface area contributed by atoms with Gasteiger partial charge in [-0.3, -0.25) is 9.59 Å². The first-order valence-electron chi connectivity index (χ1n) is 6.34. The first-order chi connectivity index (χ1) is 9.33. The normalized spacial score (nSPS) is 11.8. The summed E-state index contributed by atoms with van der Waals surface area (Å²) in [6.45, 7) is 6.48. The molecule has 0 amide bonds. The smallest absolute Gasteiger partial charge is 0.339 e. The van der Waals surface area contributed by atoms with Crippen LogP contribution in [0.2, 0.25) is 0 Å². The number of esters is 2. The number of rotatable bonds is 5. The highest BCUT2D eigenvalue weighted by atomic mass is 16.5. The molecule has 1 N–H and O–H groups in total. The molecule has 0 unspecified atom stereocenters. The molecule has 110 valence electrons. The van der Waals surface area contributed by atoms with E-state index in [0.29, 0.717) is 16.8 Å². The Hall–Kier alpha value is -2.11. The number of ketones is 1. The number of Topliss-reactive ketones (excluding diaryl/α,β-unsaturated/α-hetero) is 1. The van der Waals surface area contributed by atoms with Crippen molar-refractivity contribution < 1.29 is 23.9 Å². The van der Waals surface area contributed by atoms with Crippen LogP contribution in [0.25, 0.3) is 0 Å². The lowest BCUT2D eigenvalue weighted by Crippen LogP contribution is -2.25. The topological polar surface area (TPSA) is 85.5 Å². The lowest BCUT2D eigenvalue weighted by Gasteiger charge is -2.11. The maximum absolute atomic E-state index is 12.2. The van der Waals surface area contributed by atoms with E-state index in [9.17, 15) is 14.4 Å². The first kappa shape index (κ1) is 15.9. The van der Waals surface area contributed by atoms with Crippen LogP contribution in [0.3, 0.4) is 0 Å². The van der Waals surface area contributed by atoms with Gasteiger partial charge in [-0.15, -0.1) is 0 Å². The molecule has 20 heavy (non-hydrogen) atoms. The number of methoxy groups -OCH3 is 1. The van der Waals surface area contributed by atoms with E-state index in [1.807, 2.05) is 0 Å². The van der Waals surface area contributed by atoms with Gasteiger partial charge in [0.05, 0.1) is 18.4 Å². The van der Waals surface area contributed by atoms with Gasteiger partial charge < -0.3 is 14.5 Å². The number of hydrogen-bond acceptors (Lipinski definition) is 5. The van der Waals surface area contributed by atoms with Crippen molar-refractivity contribution in [2.75, 3.05) is 7.11 Å². The zero-order chi connectivity index (χ0) is 15.4. The fraction of sp³-hybridized carbons (Fsp3) is 0.500. The van der Waals surface area contributed by atoms with Crippen LogP contribution in [0, 0.1) is 13.8 Å². The van der Waals surface area contributed by atoms with Gasteiger partial charge >= 0.3 is 11.9 Å². The number of ether oxygens (including phenoxy) is 2. The summed E-state index contributed by atoms with van der Waals surface area (Å²) in [4.78, 5) is 37.9. The summed E-state index contributed by atoms with van der Waals surface area (Å²) in [7, 11) is 1.28. The molecular weight excluding hydrogens is 262 g/mol. The van der Waals surface area contributed by atoms with Gasteiger partial charge in [-0.2, -0.15) is 0 Å². The summed E-state index contributed by atoms with van der Waals surface area (Å²) in [5, 5.41) is 0. The van der Waals surface area contributed by atoms with Crippen molar-refractivity contribution in [3.8, 4) is 0 Å². The fourth-order valence-electron chi connectivity index (χ4n) is 1.94. The van der Waals surface area contributed by atoms with Crippen LogP contribution in [-0.4, -0.2) is 35.9 Å². The highest BCUT2D eigenvalue weighted by Crippen LogP contribution is 2.20. The van der Waals surface area contributed by atoms with Crippen molar-refractivity contribution in [2.24, 2.45) is 0 Å². The molecule has 0 aliphatic rings. The summed E-state index contributed by atoms with van der Waals surface area (Å²) in [6.07, 6.45) is -0.696. The van der Waals surface area contributed by atoms with Crippen LogP contribution < -0.4 is 0 Å². The first-order valence-corrected chi connectivity index (χ1v) is 6.34. The molecule has 0 radical (unpaired) electrons. The largest absolute Gasteiger partial charge is 0.465 e. The number of aromatic nitrogens is 1. The molecule has 0 aliphatic carbocycles. The Balaban J connectivity index is 3.06. The van der Waals surface area contributed by atoms with E-state index in [4.69, 9.17) is 4.74 Å². The van der Waals surface area contributed by atoms with E-state index in [1.165, 1.54) is 14.0 Å². The molecule has 1 heterocycles. The van der Waals surface area contributed by atoms with E-state index in [1.54, 1.807) is 20.8 Å². The van der Waals surface area contributed by atoms with Gasteiger partial charge in [0.25, 0.3) is 0 Å². The van der Waals surface area contributed by atoms with E-state index < -0.39 is 18.0 Å². The van der Waals surface area contributed by atoms with Crippen LogP contribution in [0.5, 0.6) is 0 Å². The number of aromatic amines is 1.